The Morgan fingerprint density at radius 1 is 1.58 bits per heavy atom. The standard InChI is InChI=1S/C7H9IN4/c1-4-5(6(8)10-2)7(9)12-3-11-4/h3H,1-2H3,(H2,9,11,12). The van der Waals surface area contributed by atoms with Crippen molar-refractivity contribution < 1.29 is 0 Å². The fourth-order valence-electron chi connectivity index (χ4n) is 0.859. The van der Waals surface area contributed by atoms with E-state index in [1.807, 2.05) is 6.92 Å². The Balaban J connectivity index is 3.31. The molecule has 0 amide bonds. The van der Waals surface area contributed by atoms with Gasteiger partial charge >= 0.3 is 0 Å². The second-order valence-electron chi connectivity index (χ2n) is 2.23. The molecular formula is C7H9IN4. The molecule has 0 spiro atoms. The number of hydrogen-bond acceptors (Lipinski definition) is 4. The maximum absolute atomic E-state index is 5.66. The highest BCUT2D eigenvalue weighted by molar-refractivity contribution is 14.1. The minimum Gasteiger partial charge on any atom is -0.383 e. The van der Waals surface area contributed by atoms with Gasteiger partial charge in [-0.3, -0.25) is 4.99 Å². The van der Waals surface area contributed by atoms with Crippen LogP contribution >= 0.6 is 22.6 Å². The molecule has 0 fully saturated rings. The summed E-state index contributed by atoms with van der Waals surface area (Å²) in [7, 11) is 1.72. The number of aliphatic imine (C=N–C) groups is 1. The van der Waals surface area contributed by atoms with Gasteiger partial charge in [-0.15, -0.1) is 0 Å². The molecule has 1 aromatic rings. The fourth-order valence-corrected chi connectivity index (χ4v) is 1.53. The van der Waals surface area contributed by atoms with Crippen molar-refractivity contribution in [3.8, 4) is 0 Å². The predicted octanol–water partition coefficient (Wildman–Crippen LogP) is 1.18. The number of aromatic nitrogens is 2. The predicted molar refractivity (Wildman–Crippen MR) is 57.7 cm³/mol. The van der Waals surface area contributed by atoms with E-state index in [0.717, 1.165) is 15.0 Å². The molecule has 0 aliphatic rings. The first-order valence-corrected chi connectivity index (χ1v) is 4.44. The summed E-state index contributed by atoms with van der Waals surface area (Å²) in [5.41, 5.74) is 7.35. The highest BCUT2D eigenvalue weighted by Crippen LogP contribution is 2.15. The second-order valence-corrected chi connectivity index (χ2v) is 3.26. The van der Waals surface area contributed by atoms with E-state index in [2.05, 4.69) is 37.6 Å². The van der Waals surface area contributed by atoms with Crippen LogP contribution in [0, 0.1) is 6.92 Å². The van der Waals surface area contributed by atoms with Gasteiger partial charge in [0, 0.05) is 7.05 Å². The molecule has 1 rings (SSSR count). The zero-order valence-electron chi connectivity index (χ0n) is 6.87. The number of anilines is 1. The van der Waals surface area contributed by atoms with Crippen molar-refractivity contribution in [3.63, 3.8) is 0 Å². The number of halogens is 1. The third-order valence-corrected chi connectivity index (χ3v) is 2.49. The Hall–Kier alpha value is -0.720. The monoisotopic (exact) mass is 276 g/mol. The highest BCUT2D eigenvalue weighted by Gasteiger charge is 2.08. The highest BCUT2D eigenvalue weighted by atomic mass is 127. The van der Waals surface area contributed by atoms with E-state index in [1.165, 1.54) is 6.33 Å². The summed E-state index contributed by atoms with van der Waals surface area (Å²) in [4.78, 5) is 11.9. The quantitative estimate of drug-likeness (QED) is 0.618. The van der Waals surface area contributed by atoms with E-state index in [0.29, 0.717) is 5.82 Å². The Morgan fingerprint density at radius 3 is 2.75 bits per heavy atom. The number of nitrogen functional groups attached to an aromatic ring is 1. The summed E-state index contributed by atoms with van der Waals surface area (Å²) in [6, 6.07) is 0. The van der Waals surface area contributed by atoms with Crippen molar-refractivity contribution >= 4 is 32.1 Å². The number of nitrogens with two attached hydrogens (primary N) is 1. The maximum atomic E-state index is 5.66. The smallest absolute Gasteiger partial charge is 0.137 e. The lowest BCUT2D eigenvalue weighted by molar-refractivity contribution is 1.10. The Kier molecular flexibility index (Phi) is 2.96. The van der Waals surface area contributed by atoms with Gasteiger partial charge in [-0.05, 0) is 29.5 Å². The van der Waals surface area contributed by atoms with Crippen molar-refractivity contribution in [2.24, 2.45) is 4.99 Å². The van der Waals surface area contributed by atoms with Crippen LogP contribution in [0.4, 0.5) is 5.82 Å². The van der Waals surface area contributed by atoms with Gasteiger partial charge in [-0.25, -0.2) is 9.97 Å². The van der Waals surface area contributed by atoms with Crippen LogP contribution in [-0.2, 0) is 0 Å². The average Bonchev–Trinajstić information content (AvgIpc) is 2.03. The van der Waals surface area contributed by atoms with Gasteiger partial charge < -0.3 is 5.73 Å². The van der Waals surface area contributed by atoms with Gasteiger partial charge in [0.15, 0.2) is 0 Å². The van der Waals surface area contributed by atoms with Crippen LogP contribution in [0.2, 0.25) is 0 Å². The van der Waals surface area contributed by atoms with E-state index in [9.17, 15) is 0 Å². The fraction of sp³-hybridized carbons (Fsp3) is 0.286. The van der Waals surface area contributed by atoms with E-state index >= 15 is 0 Å². The van der Waals surface area contributed by atoms with Crippen molar-refractivity contribution in [1.29, 1.82) is 0 Å². The third kappa shape index (κ3) is 1.71. The molecule has 0 radical (unpaired) electrons. The molecule has 0 bridgehead atoms. The number of rotatable bonds is 1. The zero-order chi connectivity index (χ0) is 9.14. The molecule has 0 saturated carbocycles. The maximum Gasteiger partial charge on any atom is 0.137 e. The lowest BCUT2D eigenvalue weighted by atomic mass is 10.2. The second kappa shape index (κ2) is 3.79. The Labute approximate surface area is 84.5 Å². The van der Waals surface area contributed by atoms with Crippen LogP contribution in [-0.4, -0.2) is 20.7 Å². The molecule has 4 nitrogen and oxygen atoms in total. The molecule has 5 heteroatoms. The molecule has 0 unspecified atom stereocenters. The van der Waals surface area contributed by atoms with Gasteiger partial charge in [-0.2, -0.15) is 0 Å². The molecule has 0 aromatic carbocycles. The molecule has 64 valence electrons. The van der Waals surface area contributed by atoms with Crippen LogP contribution in [0.15, 0.2) is 11.3 Å². The van der Waals surface area contributed by atoms with E-state index < -0.39 is 0 Å². The van der Waals surface area contributed by atoms with Crippen molar-refractivity contribution in [2.45, 2.75) is 6.92 Å². The lowest BCUT2D eigenvalue weighted by Gasteiger charge is -2.03. The number of aryl methyl sites for hydroxylation is 1. The van der Waals surface area contributed by atoms with Crippen molar-refractivity contribution in [2.75, 3.05) is 12.8 Å². The topological polar surface area (TPSA) is 64.2 Å². The Bertz CT molecular complexity index is 301. The summed E-state index contributed by atoms with van der Waals surface area (Å²) < 4.78 is 0.836. The molecule has 12 heavy (non-hydrogen) atoms. The zero-order valence-corrected chi connectivity index (χ0v) is 9.03. The molecule has 0 aliphatic heterocycles. The van der Waals surface area contributed by atoms with E-state index in [-0.39, 0.29) is 0 Å². The Morgan fingerprint density at radius 2 is 2.25 bits per heavy atom. The normalized spacial score (nSPS) is 11.8. The van der Waals surface area contributed by atoms with Gasteiger partial charge in [0.2, 0.25) is 0 Å². The molecule has 1 heterocycles. The summed E-state index contributed by atoms with van der Waals surface area (Å²) >= 11 is 2.11. The van der Waals surface area contributed by atoms with Crippen LogP contribution < -0.4 is 5.73 Å². The van der Waals surface area contributed by atoms with Crippen molar-refractivity contribution in [1.82, 2.24) is 9.97 Å². The lowest BCUT2D eigenvalue weighted by Crippen LogP contribution is -2.05. The van der Waals surface area contributed by atoms with Crippen LogP contribution in [0.3, 0.4) is 0 Å². The molecule has 0 saturated heterocycles. The van der Waals surface area contributed by atoms with E-state index in [1.54, 1.807) is 7.05 Å². The van der Waals surface area contributed by atoms with Gasteiger partial charge in [0.25, 0.3) is 0 Å². The first-order chi connectivity index (χ1) is 5.66. The summed E-state index contributed by atoms with van der Waals surface area (Å²) in [6.45, 7) is 1.89. The largest absolute Gasteiger partial charge is 0.383 e. The first kappa shape index (κ1) is 9.37. The molecule has 0 aliphatic carbocycles. The van der Waals surface area contributed by atoms with Crippen molar-refractivity contribution in [3.05, 3.63) is 17.6 Å². The SMILES string of the molecule is CN=C(I)c1c(C)ncnc1N. The minimum atomic E-state index is 0.484. The molecular weight excluding hydrogens is 267 g/mol. The van der Waals surface area contributed by atoms with Crippen LogP contribution in [0.25, 0.3) is 0 Å². The number of hydrogen-bond donors (Lipinski definition) is 1. The van der Waals surface area contributed by atoms with Crippen LogP contribution in [0.5, 0.6) is 0 Å². The average molecular weight is 276 g/mol. The molecule has 1 aromatic heterocycles. The van der Waals surface area contributed by atoms with Gasteiger partial charge in [0.05, 0.1) is 11.3 Å². The number of nitrogens with zero attached hydrogens (tertiary/aromatic N) is 3. The van der Waals surface area contributed by atoms with Crippen LogP contribution in [0.1, 0.15) is 11.3 Å². The summed E-state index contributed by atoms with van der Waals surface area (Å²) in [5.74, 6) is 0.484. The molecule has 2 N–H and O–H groups in total. The minimum absolute atomic E-state index is 0.484. The van der Waals surface area contributed by atoms with E-state index in [4.69, 9.17) is 5.73 Å². The summed E-state index contributed by atoms with van der Waals surface area (Å²) in [6.07, 6.45) is 1.45. The third-order valence-electron chi connectivity index (χ3n) is 1.47. The first-order valence-electron chi connectivity index (χ1n) is 3.36. The molecule has 0 atom stereocenters. The summed E-state index contributed by atoms with van der Waals surface area (Å²) in [5, 5.41) is 0. The van der Waals surface area contributed by atoms with Gasteiger partial charge in [0.1, 0.15) is 15.9 Å². The van der Waals surface area contributed by atoms with Gasteiger partial charge in [-0.1, -0.05) is 0 Å².